The highest BCUT2D eigenvalue weighted by atomic mass is 16.3. The Hall–Kier alpha value is -1.29. The minimum absolute atomic E-state index is 0.0117. The number of aryl methyl sites for hydroxylation is 2. The summed E-state index contributed by atoms with van der Waals surface area (Å²) in [5.74, 6) is 1.51. The molecule has 1 saturated carbocycles. The smallest absolute Gasteiger partial charge is 0.255 e. The average molecular weight is 250 g/mol. The van der Waals surface area contributed by atoms with Gasteiger partial charge in [-0.25, -0.2) is 0 Å². The van der Waals surface area contributed by atoms with Crippen molar-refractivity contribution in [3.8, 4) is 0 Å². The number of rotatable bonds is 2. The number of hydrogen-bond donors (Lipinski definition) is 2. The largest absolute Gasteiger partial charge is 0.466 e. The summed E-state index contributed by atoms with van der Waals surface area (Å²) in [5.41, 5.74) is 7.50. The van der Waals surface area contributed by atoms with E-state index >= 15 is 0 Å². The lowest BCUT2D eigenvalue weighted by molar-refractivity contribution is 0.0924. The molecular weight excluding hydrogens is 228 g/mol. The van der Waals surface area contributed by atoms with Crippen molar-refractivity contribution >= 4 is 5.91 Å². The number of carbonyl (C=O) groups is 1. The van der Waals surface area contributed by atoms with E-state index < -0.39 is 0 Å². The summed E-state index contributed by atoms with van der Waals surface area (Å²) in [7, 11) is 0. The molecule has 0 aliphatic heterocycles. The Balaban J connectivity index is 2.04. The Labute approximate surface area is 108 Å². The Morgan fingerprint density at radius 3 is 2.28 bits per heavy atom. The first kappa shape index (κ1) is 13.1. The molecule has 2 rings (SSSR count). The fourth-order valence-corrected chi connectivity index (χ4v) is 2.65. The molecule has 0 bridgehead atoms. The van der Waals surface area contributed by atoms with Crippen molar-refractivity contribution in [3.63, 3.8) is 0 Å². The molecule has 1 amide bonds. The van der Waals surface area contributed by atoms with Gasteiger partial charge in [-0.3, -0.25) is 4.79 Å². The van der Waals surface area contributed by atoms with Gasteiger partial charge in [0.25, 0.3) is 5.91 Å². The number of nitrogens with two attached hydrogens (primary N) is 1. The third kappa shape index (κ3) is 2.58. The SMILES string of the molecule is Cc1oc(C)c(C(=O)NC2CCC(N)CC2)c1C. The standard InChI is InChI=1S/C14H22N2O2/c1-8-9(2)18-10(3)13(8)14(17)16-12-6-4-11(15)5-7-12/h11-12H,4-7,15H2,1-3H3,(H,16,17). The lowest BCUT2D eigenvalue weighted by Crippen LogP contribution is -2.40. The van der Waals surface area contributed by atoms with Gasteiger partial charge < -0.3 is 15.5 Å². The van der Waals surface area contributed by atoms with E-state index in [-0.39, 0.29) is 11.9 Å². The van der Waals surface area contributed by atoms with Gasteiger partial charge in [0.1, 0.15) is 11.5 Å². The van der Waals surface area contributed by atoms with Crippen molar-refractivity contribution in [2.75, 3.05) is 0 Å². The van der Waals surface area contributed by atoms with Gasteiger partial charge in [0.15, 0.2) is 0 Å². The molecular formula is C14H22N2O2. The van der Waals surface area contributed by atoms with Gasteiger partial charge in [-0.15, -0.1) is 0 Å². The molecule has 1 aliphatic carbocycles. The summed E-state index contributed by atoms with van der Waals surface area (Å²) < 4.78 is 5.49. The maximum atomic E-state index is 12.2. The quantitative estimate of drug-likeness (QED) is 0.845. The lowest BCUT2D eigenvalue weighted by Gasteiger charge is -2.26. The molecule has 0 aromatic carbocycles. The summed E-state index contributed by atoms with van der Waals surface area (Å²) in [6.45, 7) is 5.65. The Bertz CT molecular complexity index is 443. The van der Waals surface area contributed by atoms with E-state index in [1.54, 1.807) is 0 Å². The molecule has 1 aliphatic rings. The van der Waals surface area contributed by atoms with Crippen LogP contribution in [0.4, 0.5) is 0 Å². The molecule has 0 spiro atoms. The average Bonchev–Trinajstić information content (AvgIpc) is 2.56. The predicted octanol–water partition coefficient (Wildman–Crippen LogP) is 2.20. The van der Waals surface area contributed by atoms with Crippen molar-refractivity contribution in [3.05, 3.63) is 22.6 Å². The van der Waals surface area contributed by atoms with Crippen LogP contribution in [0.15, 0.2) is 4.42 Å². The number of furan rings is 1. The summed E-state index contributed by atoms with van der Waals surface area (Å²) in [6, 6.07) is 0.559. The van der Waals surface area contributed by atoms with Crippen LogP contribution in [0.25, 0.3) is 0 Å². The van der Waals surface area contributed by atoms with Crippen LogP contribution in [-0.2, 0) is 0 Å². The molecule has 1 aromatic heterocycles. The summed E-state index contributed by atoms with van der Waals surface area (Å²) in [4.78, 5) is 12.2. The summed E-state index contributed by atoms with van der Waals surface area (Å²) >= 11 is 0. The Morgan fingerprint density at radius 2 is 1.78 bits per heavy atom. The first-order valence-corrected chi connectivity index (χ1v) is 6.62. The van der Waals surface area contributed by atoms with Crippen molar-refractivity contribution < 1.29 is 9.21 Å². The number of carbonyl (C=O) groups excluding carboxylic acids is 1. The van der Waals surface area contributed by atoms with E-state index in [0.717, 1.165) is 37.0 Å². The molecule has 1 fully saturated rings. The van der Waals surface area contributed by atoms with Crippen molar-refractivity contribution in [2.24, 2.45) is 5.73 Å². The topological polar surface area (TPSA) is 68.3 Å². The number of hydrogen-bond acceptors (Lipinski definition) is 3. The van der Waals surface area contributed by atoms with Crippen molar-refractivity contribution in [1.82, 2.24) is 5.32 Å². The molecule has 18 heavy (non-hydrogen) atoms. The van der Waals surface area contributed by atoms with Gasteiger partial charge in [0, 0.05) is 17.6 Å². The molecule has 1 aromatic rings. The third-order valence-electron chi connectivity index (χ3n) is 3.90. The molecule has 0 radical (unpaired) electrons. The van der Waals surface area contributed by atoms with E-state index in [0.29, 0.717) is 17.4 Å². The fraction of sp³-hybridized carbons (Fsp3) is 0.643. The second-order valence-electron chi connectivity index (χ2n) is 5.30. The van der Waals surface area contributed by atoms with Crippen LogP contribution in [0.3, 0.4) is 0 Å². The molecule has 0 unspecified atom stereocenters. The normalized spacial score (nSPS) is 24.0. The fourth-order valence-electron chi connectivity index (χ4n) is 2.65. The van der Waals surface area contributed by atoms with Gasteiger partial charge in [-0.05, 0) is 46.5 Å². The van der Waals surface area contributed by atoms with Crippen LogP contribution >= 0.6 is 0 Å². The maximum absolute atomic E-state index is 12.2. The Kier molecular flexibility index (Phi) is 3.76. The molecule has 3 N–H and O–H groups in total. The maximum Gasteiger partial charge on any atom is 0.255 e. The first-order chi connectivity index (χ1) is 8.49. The van der Waals surface area contributed by atoms with Gasteiger partial charge in [0.2, 0.25) is 0 Å². The Morgan fingerprint density at radius 1 is 1.17 bits per heavy atom. The molecule has 1 heterocycles. The zero-order valence-electron chi connectivity index (χ0n) is 11.4. The molecule has 100 valence electrons. The lowest BCUT2D eigenvalue weighted by atomic mass is 9.91. The van der Waals surface area contributed by atoms with Crippen LogP contribution in [-0.4, -0.2) is 18.0 Å². The van der Waals surface area contributed by atoms with E-state index in [2.05, 4.69) is 5.32 Å². The molecule has 4 nitrogen and oxygen atoms in total. The minimum atomic E-state index is -0.0117. The van der Waals surface area contributed by atoms with Crippen molar-refractivity contribution in [2.45, 2.75) is 58.5 Å². The van der Waals surface area contributed by atoms with Crippen LogP contribution in [0.5, 0.6) is 0 Å². The van der Waals surface area contributed by atoms with E-state index in [1.807, 2.05) is 20.8 Å². The van der Waals surface area contributed by atoms with E-state index in [1.165, 1.54) is 0 Å². The molecule has 0 saturated heterocycles. The molecule has 0 atom stereocenters. The monoisotopic (exact) mass is 250 g/mol. The second kappa shape index (κ2) is 5.14. The van der Waals surface area contributed by atoms with E-state index in [4.69, 9.17) is 10.2 Å². The van der Waals surface area contributed by atoms with Gasteiger partial charge in [0.05, 0.1) is 5.56 Å². The van der Waals surface area contributed by atoms with Crippen LogP contribution in [0.1, 0.15) is 53.1 Å². The highest BCUT2D eigenvalue weighted by molar-refractivity contribution is 5.97. The van der Waals surface area contributed by atoms with Gasteiger partial charge in [-0.1, -0.05) is 0 Å². The zero-order chi connectivity index (χ0) is 13.3. The predicted molar refractivity (Wildman–Crippen MR) is 70.6 cm³/mol. The number of nitrogens with one attached hydrogen (secondary N) is 1. The highest BCUT2D eigenvalue weighted by Gasteiger charge is 2.24. The van der Waals surface area contributed by atoms with Gasteiger partial charge >= 0.3 is 0 Å². The minimum Gasteiger partial charge on any atom is -0.466 e. The summed E-state index contributed by atoms with van der Waals surface area (Å²) in [6.07, 6.45) is 3.93. The van der Waals surface area contributed by atoms with E-state index in [9.17, 15) is 4.79 Å². The third-order valence-corrected chi connectivity index (χ3v) is 3.90. The second-order valence-corrected chi connectivity index (χ2v) is 5.30. The van der Waals surface area contributed by atoms with Crippen LogP contribution in [0, 0.1) is 20.8 Å². The highest BCUT2D eigenvalue weighted by Crippen LogP contribution is 2.22. The van der Waals surface area contributed by atoms with Crippen LogP contribution < -0.4 is 11.1 Å². The van der Waals surface area contributed by atoms with Gasteiger partial charge in [-0.2, -0.15) is 0 Å². The summed E-state index contributed by atoms with van der Waals surface area (Å²) in [5, 5.41) is 3.10. The first-order valence-electron chi connectivity index (χ1n) is 6.62. The zero-order valence-corrected chi connectivity index (χ0v) is 11.4. The molecule has 4 heteroatoms. The number of amides is 1. The van der Waals surface area contributed by atoms with Crippen molar-refractivity contribution in [1.29, 1.82) is 0 Å². The van der Waals surface area contributed by atoms with Crippen LogP contribution in [0.2, 0.25) is 0 Å².